The Labute approximate surface area is 120 Å². The number of carboxylic acids is 1. The van der Waals surface area contributed by atoms with Gasteiger partial charge in [0.05, 0.1) is 4.47 Å². The molecule has 19 heavy (non-hydrogen) atoms. The number of hydrogen-bond acceptors (Lipinski definition) is 2. The van der Waals surface area contributed by atoms with E-state index in [0.717, 1.165) is 15.6 Å². The van der Waals surface area contributed by atoms with E-state index >= 15 is 0 Å². The van der Waals surface area contributed by atoms with Crippen molar-refractivity contribution in [1.29, 1.82) is 0 Å². The lowest BCUT2D eigenvalue weighted by atomic mass is 10.1. The molecule has 0 radical (unpaired) electrons. The summed E-state index contributed by atoms with van der Waals surface area (Å²) in [6.07, 6.45) is 0. The summed E-state index contributed by atoms with van der Waals surface area (Å²) >= 11 is 3.42. The molecular formula is C15H13BrO3. The third kappa shape index (κ3) is 2.96. The first-order valence-corrected chi connectivity index (χ1v) is 6.55. The number of aromatic carboxylic acids is 1. The standard InChI is InChI=1S/C15H13BrO3/c1-9-6-7-13(12(16)8-9)19-14-10(2)4-3-5-11(14)15(17)18/h3-8H,1-2H3,(H,17,18). The van der Waals surface area contributed by atoms with Crippen LogP contribution in [0.1, 0.15) is 21.5 Å². The van der Waals surface area contributed by atoms with Crippen LogP contribution in [-0.4, -0.2) is 11.1 Å². The summed E-state index contributed by atoms with van der Waals surface area (Å²) in [5, 5.41) is 9.19. The monoisotopic (exact) mass is 320 g/mol. The Morgan fingerprint density at radius 1 is 1.21 bits per heavy atom. The van der Waals surface area contributed by atoms with Crippen LogP contribution in [0.25, 0.3) is 0 Å². The highest BCUT2D eigenvalue weighted by Gasteiger charge is 2.15. The quantitative estimate of drug-likeness (QED) is 0.902. The van der Waals surface area contributed by atoms with Gasteiger partial charge in [-0.3, -0.25) is 0 Å². The van der Waals surface area contributed by atoms with E-state index < -0.39 is 5.97 Å². The van der Waals surface area contributed by atoms with Crippen LogP contribution in [0.2, 0.25) is 0 Å². The molecular weight excluding hydrogens is 308 g/mol. The van der Waals surface area contributed by atoms with E-state index in [1.165, 1.54) is 6.07 Å². The van der Waals surface area contributed by atoms with Gasteiger partial charge in [-0.05, 0) is 59.1 Å². The SMILES string of the molecule is Cc1ccc(Oc2c(C)cccc2C(=O)O)c(Br)c1. The van der Waals surface area contributed by atoms with E-state index in [2.05, 4.69) is 15.9 Å². The second kappa shape index (κ2) is 5.45. The van der Waals surface area contributed by atoms with Crippen molar-refractivity contribution in [2.45, 2.75) is 13.8 Å². The van der Waals surface area contributed by atoms with Crippen molar-refractivity contribution < 1.29 is 14.6 Å². The third-order valence-electron chi connectivity index (χ3n) is 2.74. The molecule has 2 aromatic carbocycles. The molecule has 2 aromatic rings. The van der Waals surface area contributed by atoms with Gasteiger partial charge in [0.15, 0.2) is 0 Å². The number of aryl methyl sites for hydroxylation is 2. The van der Waals surface area contributed by atoms with Crippen molar-refractivity contribution in [1.82, 2.24) is 0 Å². The summed E-state index contributed by atoms with van der Waals surface area (Å²) in [6, 6.07) is 10.7. The number of benzene rings is 2. The maximum absolute atomic E-state index is 11.2. The molecule has 0 aliphatic heterocycles. The number of halogens is 1. The number of carboxylic acid groups (broad SMARTS) is 1. The van der Waals surface area contributed by atoms with Crippen LogP contribution in [0, 0.1) is 13.8 Å². The minimum Gasteiger partial charge on any atom is -0.478 e. The van der Waals surface area contributed by atoms with Gasteiger partial charge in [0.1, 0.15) is 17.1 Å². The number of hydrogen-bond donors (Lipinski definition) is 1. The molecule has 0 aliphatic carbocycles. The van der Waals surface area contributed by atoms with Gasteiger partial charge < -0.3 is 9.84 Å². The van der Waals surface area contributed by atoms with E-state index in [0.29, 0.717) is 11.5 Å². The topological polar surface area (TPSA) is 46.5 Å². The predicted molar refractivity (Wildman–Crippen MR) is 77.1 cm³/mol. The molecule has 2 rings (SSSR count). The number of para-hydroxylation sites is 1. The highest BCUT2D eigenvalue weighted by molar-refractivity contribution is 9.10. The Hall–Kier alpha value is -1.81. The average Bonchev–Trinajstić information content (AvgIpc) is 2.34. The van der Waals surface area contributed by atoms with Crippen LogP contribution in [-0.2, 0) is 0 Å². The van der Waals surface area contributed by atoms with Crippen LogP contribution in [0.3, 0.4) is 0 Å². The minimum atomic E-state index is -0.998. The van der Waals surface area contributed by atoms with Crippen molar-refractivity contribution in [3.63, 3.8) is 0 Å². The maximum atomic E-state index is 11.2. The summed E-state index contributed by atoms with van der Waals surface area (Å²) in [5.74, 6) is -0.0242. The lowest BCUT2D eigenvalue weighted by Gasteiger charge is -2.13. The minimum absolute atomic E-state index is 0.160. The third-order valence-corrected chi connectivity index (χ3v) is 3.36. The zero-order valence-electron chi connectivity index (χ0n) is 10.6. The first-order valence-electron chi connectivity index (χ1n) is 5.76. The molecule has 4 heteroatoms. The van der Waals surface area contributed by atoms with E-state index in [1.54, 1.807) is 6.07 Å². The normalized spacial score (nSPS) is 10.3. The van der Waals surface area contributed by atoms with E-state index in [1.807, 2.05) is 38.1 Å². The zero-order valence-corrected chi connectivity index (χ0v) is 12.2. The van der Waals surface area contributed by atoms with Crippen molar-refractivity contribution in [3.8, 4) is 11.5 Å². The highest BCUT2D eigenvalue weighted by atomic mass is 79.9. The molecule has 0 saturated carbocycles. The van der Waals surface area contributed by atoms with Crippen LogP contribution in [0.5, 0.6) is 11.5 Å². The van der Waals surface area contributed by atoms with Gasteiger partial charge in [-0.1, -0.05) is 18.2 Å². The molecule has 0 amide bonds. The molecule has 0 saturated heterocycles. The van der Waals surface area contributed by atoms with Gasteiger partial charge in [0.25, 0.3) is 0 Å². The first-order chi connectivity index (χ1) is 8.99. The number of rotatable bonds is 3. The molecule has 0 fully saturated rings. The van der Waals surface area contributed by atoms with E-state index in [-0.39, 0.29) is 5.56 Å². The van der Waals surface area contributed by atoms with Crippen molar-refractivity contribution in [2.24, 2.45) is 0 Å². The van der Waals surface area contributed by atoms with Gasteiger partial charge in [-0.15, -0.1) is 0 Å². The molecule has 0 atom stereocenters. The highest BCUT2D eigenvalue weighted by Crippen LogP contribution is 2.34. The second-order valence-electron chi connectivity index (χ2n) is 4.29. The molecule has 0 heterocycles. The number of ether oxygens (including phenoxy) is 1. The summed E-state index contributed by atoms with van der Waals surface area (Å²) in [7, 11) is 0. The van der Waals surface area contributed by atoms with Gasteiger partial charge >= 0.3 is 5.97 Å². The van der Waals surface area contributed by atoms with Gasteiger partial charge in [0, 0.05) is 0 Å². The lowest BCUT2D eigenvalue weighted by Crippen LogP contribution is -2.01. The van der Waals surface area contributed by atoms with Crippen LogP contribution >= 0.6 is 15.9 Å². The summed E-state index contributed by atoms with van der Waals surface area (Å²) in [5.41, 5.74) is 2.04. The zero-order chi connectivity index (χ0) is 14.0. The van der Waals surface area contributed by atoms with Gasteiger partial charge in [-0.25, -0.2) is 4.79 Å². The van der Waals surface area contributed by atoms with Gasteiger partial charge in [-0.2, -0.15) is 0 Å². The van der Waals surface area contributed by atoms with Crippen molar-refractivity contribution in [3.05, 3.63) is 57.6 Å². The Morgan fingerprint density at radius 2 is 1.95 bits per heavy atom. The van der Waals surface area contributed by atoms with Crippen LogP contribution in [0.15, 0.2) is 40.9 Å². The Morgan fingerprint density at radius 3 is 2.58 bits per heavy atom. The fourth-order valence-electron chi connectivity index (χ4n) is 1.75. The van der Waals surface area contributed by atoms with Gasteiger partial charge in [0.2, 0.25) is 0 Å². The van der Waals surface area contributed by atoms with Crippen LogP contribution in [0.4, 0.5) is 0 Å². The molecule has 98 valence electrons. The second-order valence-corrected chi connectivity index (χ2v) is 5.15. The molecule has 1 N–H and O–H groups in total. The molecule has 0 spiro atoms. The number of carbonyl (C=O) groups is 1. The Bertz CT molecular complexity index is 635. The van der Waals surface area contributed by atoms with Crippen LogP contribution < -0.4 is 4.74 Å². The van der Waals surface area contributed by atoms with E-state index in [9.17, 15) is 9.90 Å². The Balaban J connectivity index is 2.46. The fraction of sp³-hybridized carbons (Fsp3) is 0.133. The Kier molecular flexibility index (Phi) is 3.90. The smallest absolute Gasteiger partial charge is 0.339 e. The fourth-order valence-corrected chi connectivity index (χ4v) is 2.33. The first kappa shape index (κ1) is 13.6. The predicted octanol–water partition coefficient (Wildman–Crippen LogP) is 4.56. The summed E-state index contributed by atoms with van der Waals surface area (Å²) in [6.45, 7) is 3.80. The van der Waals surface area contributed by atoms with Crippen molar-refractivity contribution >= 4 is 21.9 Å². The summed E-state index contributed by atoms with van der Waals surface area (Å²) < 4.78 is 6.56. The van der Waals surface area contributed by atoms with E-state index in [4.69, 9.17) is 4.74 Å². The molecule has 0 aromatic heterocycles. The maximum Gasteiger partial charge on any atom is 0.339 e. The molecule has 3 nitrogen and oxygen atoms in total. The molecule has 0 bridgehead atoms. The summed E-state index contributed by atoms with van der Waals surface area (Å²) in [4.78, 5) is 11.2. The largest absolute Gasteiger partial charge is 0.478 e. The molecule has 0 aliphatic rings. The average molecular weight is 321 g/mol. The molecule has 0 unspecified atom stereocenters. The lowest BCUT2D eigenvalue weighted by molar-refractivity contribution is 0.0694. The van der Waals surface area contributed by atoms with Crippen molar-refractivity contribution in [2.75, 3.05) is 0 Å².